The Morgan fingerprint density at radius 1 is 0.452 bits per heavy atom. The number of ether oxygens (including phenoxy) is 3. The summed E-state index contributed by atoms with van der Waals surface area (Å²) in [6.45, 7) is 5.87. The number of hydrogen-bond acceptors (Lipinski definition) is 10. The highest BCUT2D eigenvalue weighted by Crippen LogP contribution is 2.27. The van der Waals surface area contributed by atoms with Gasteiger partial charge in [0.15, 0.2) is 12.4 Å². The second kappa shape index (κ2) is 61.6. The van der Waals surface area contributed by atoms with Crippen molar-refractivity contribution in [3.05, 3.63) is 12.2 Å². The molecule has 1 heterocycles. The lowest BCUT2D eigenvalue weighted by atomic mass is 9.99. The highest BCUT2D eigenvalue weighted by molar-refractivity contribution is 5.80. The highest BCUT2D eigenvalue weighted by Gasteiger charge is 2.47. The van der Waals surface area contributed by atoms with Crippen LogP contribution < -0.4 is 5.32 Å². The zero-order valence-electron chi connectivity index (χ0n) is 55.6. The first-order chi connectivity index (χ1) is 41.2. The third-order valence-corrected chi connectivity index (χ3v) is 17.9. The summed E-state index contributed by atoms with van der Waals surface area (Å²) in [4.78, 5) is 26.7. The number of amides is 1. The van der Waals surface area contributed by atoms with E-state index >= 15 is 0 Å². The summed E-state index contributed by atoms with van der Waals surface area (Å²) in [5, 5.41) is 57.3. The number of hydrogen-bond donors (Lipinski definition) is 6. The molecule has 1 amide bonds. The SMILES string of the molecule is CCCCCCCCCCCC/C=C/C(O)C(COC1OC(CO)C(O)C(O)C1OC(=O)CCCCCCCCCCCCCCCCCCCCC)NC(=O)C(O)CCCCCCCCCCCCCCCCCCCCCCCCCC. The summed E-state index contributed by atoms with van der Waals surface area (Å²) in [5.74, 6) is -1.17. The van der Waals surface area contributed by atoms with Crippen LogP contribution in [0.15, 0.2) is 12.2 Å². The molecule has 0 aromatic carbocycles. The monoisotopic (exact) mass is 1190 g/mol. The molecule has 0 aromatic rings. The fourth-order valence-electron chi connectivity index (χ4n) is 12.1. The van der Waals surface area contributed by atoms with Gasteiger partial charge in [0.05, 0.1) is 25.4 Å². The van der Waals surface area contributed by atoms with Crippen LogP contribution in [0.2, 0.25) is 0 Å². The van der Waals surface area contributed by atoms with Crippen LogP contribution in [0.5, 0.6) is 0 Å². The Labute approximate surface area is 519 Å². The third kappa shape index (κ3) is 48.3. The largest absolute Gasteiger partial charge is 0.454 e. The van der Waals surface area contributed by atoms with Crippen molar-refractivity contribution in [2.24, 2.45) is 0 Å². The van der Waals surface area contributed by atoms with Crippen LogP contribution in [0.25, 0.3) is 0 Å². The maximum atomic E-state index is 13.5. The lowest BCUT2D eigenvalue weighted by Gasteiger charge is -2.41. The number of carbonyl (C=O) groups excluding carboxylic acids is 2. The quantitative estimate of drug-likeness (QED) is 0.0195. The van der Waals surface area contributed by atoms with Crippen LogP contribution in [0.4, 0.5) is 0 Å². The fraction of sp³-hybridized carbons (Fsp3) is 0.945. The van der Waals surface area contributed by atoms with Gasteiger partial charge >= 0.3 is 5.97 Å². The Hall–Kier alpha value is -1.60. The van der Waals surface area contributed by atoms with Crippen LogP contribution in [-0.4, -0.2) is 99.6 Å². The number of nitrogens with one attached hydrogen (secondary N) is 1. The Bertz CT molecular complexity index is 1420. The summed E-state index contributed by atoms with van der Waals surface area (Å²) < 4.78 is 17.7. The number of rotatable bonds is 65. The average Bonchev–Trinajstić information content (AvgIpc) is 3.13. The van der Waals surface area contributed by atoms with Gasteiger partial charge in [0.1, 0.15) is 24.4 Å². The molecule has 0 aromatic heterocycles. The van der Waals surface area contributed by atoms with Gasteiger partial charge in [-0.2, -0.15) is 0 Å². The minimum atomic E-state index is -1.61. The smallest absolute Gasteiger partial charge is 0.306 e. The number of aliphatic hydroxyl groups is 5. The lowest BCUT2D eigenvalue weighted by molar-refractivity contribution is -0.305. The molecular formula is C73H141NO10. The summed E-state index contributed by atoms with van der Waals surface area (Å²) in [6, 6.07) is -1.02. The summed E-state index contributed by atoms with van der Waals surface area (Å²) >= 11 is 0. The first kappa shape index (κ1) is 80.4. The number of unbranched alkanes of at least 4 members (excludes halogenated alkanes) is 51. The molecule has 1 rings (SSSR count). The van der Waals surface area contributed by atoms with E-state index in [0.29, 0.717) is 19.3 Å². The van der Waals surface area contributed by atoms with Crippen LogP contribution in [0, 0.1) is 0 Å². The molecular weight excluding hydrogens is 1050 g/mol. The fourth-order valence-corrected chi connectivity index (χ4v) is 12.1. The Kier molecular flexibility index (Phi) is 59.0. The van der Waals surface area contributed by atoms with Gasteiger partial charge in [0, 0.05) is 6.42 Å². The molecule has 1 aliphatic heterocycles. The van der Waals surface area contributed by atoms with E-state index in [0.717, 1.165) is 57.8 Å². The van der Waals surface area contributed by atoms with E-state index in [1.807, 2.05) is 6.08 Å². The van der Waals surface area contributed by atoms with Gasteiger partial charge in [0.25, 0.3) is 0 Å². The summed E-state index contributed by atoms with van der Waals surface area (Å²) in [6.07, 6.45) is 62.6. The van der Waals surface area contributed by atoms with E-state index in [9.17, 15) is 35.1 Å². The van der Waals surface area contributed by atoms with Crippen molar-refractivity contribution in [1.82, 2.24) is 5.32 Å². The molecule has 11 nitrogen and oxygen atoms in total. The summed E-state index contributed by atoms with van der Waals surface area (Å²) in [5.41, 5.74) is 0. The van der Waals surface area contributed by atoms with Gasteiger partial charge in [0.2, 0.25) is 5.91 Å². The van der Waals surface area contributed by atoms with Crippen molar-refractivity contribution < 1.29 is 49.3 Å². The second-order valence-corrected chi connectivity index (χ2v) is 26.0. The van der Waals surface area contributed by atoms with E-state index in [1.165, 1.54) is 276 Å². The molecule has 498 valence electrons. The molecule has 0 saturated carbocycles. The zero-order chi connectivity index (χ0) is 61.0. The van der Waals surface area contributed by atoms with Crippen molar-refractivity contribution in [3.63, 3.8) is 0 Å². The van der Waals surface area contributed by atoms with E-state index in [-0.39, 0.29) is 13.0 Å². The van der Waals surface area contributed by atoms with Gasteiger partial charge in [-0.25, -0.2) is 0 Å². The van der Waals surface area contributed by atoms with E-state index in [1.54, 1.807) is 6.08 Å². The predicted octanol–water partition coefficient (Wildman–Crippen LogP) is 19.0. The molecule has 11 heteroatoms. The Balaban J connectivity index is 2.53. The molecule has 1 saturated heterocycles. The topological polar surface area (TPSA) is 175 Å². The first-order valence-corrected chi connectivity index (χ1v) is 37.0. The van der Waals surface area contributed by atoms with E-state index < -0.39 is 67.4 Å². The maximum absolute atomic E-state index is 13.5. The number of allylic oxidation sites excluding steroid dienone is 1. The minimum absolute atomic E-state index is 0.132. The van der Waals surface area contributed by atoms with Crippen molar-refractivity contribution in [2.45, 2.75) is 429 Å². The van der Waals surface area contributed by atoms with Crippen LogP contribution in [0.1, 0.15) is 380 Å². The normalized spacial score (nSPS) is 18.4. The Morgan fingerprint density at radius 2 is 0.774 bits per heavy atom. The predicted molar refractivity (Wildman–Crippen MR) is 352 cm³/mol. The third-order valence-electron chi connectivity index (χ3n) is 17.9. The van der Waals surface area contributed by atoms with E-state index in [4.69, 9.17) is 14.2 Å². The molecule has 1 fully saturated rings. The molecule has 1 aliphatic rings. The minimum Gasteiger partial charge on any atom is -0.454 e. The molecule has 0 spiro atoms. The standard InChI is InChI=1S/C73H141NO10/c1-4-7-10-13-16-19-22-25-27-29-31-32-33-34-35-37-38-40-42-45-48-51-54-57-60-66(77)72(81)74-64(65(76)59-56-53-50-47-44-24-21-18-15-12-9-6-3)63-82-73-71(70(80)69(79)67(62-75)83-73)84-68(78)61-58-55-52-49-46-43-41-39-36-30-28-26-23-20-17-14-11-8-5-2/h56,59,64-67,69-71,73,75-77,79-80H,4-55,57-58,60-63H2,1-3H3,(H,74,81)/b59-56+. The lowest BCUT2D eigenvalue weighted by Crippen LogP contribution is -2.61. The van der Waals surface area contributed by atoms with Crippen LogP contribution >= 0.6 is 0 Å². The van der Waals surface area contributed by atoms with Gasteiger partial charge < -0.3 is 45.1 Å². The summed E-state index contributed by atoms with van der Waals surface area (Å²) in [7, 11) is 0. The van der Waals surface area contributed by atoms with Crippen molar-refractivity contribution >= 4 is 11.9 Å². The van der Waals surface area contributed by atoms with Crippen molar-refractivity contribution in [2.75, 3.05) is 13.2 Å². The van der Waals surface area contributed by atoms with Gasteiger partial charge in [-0.1, -0.05) is 360 Å². The molecule has 6 N–H and O–H groups in total. The molecule has 8 unspecified atom stereocenters. The van der Waals surface area contributed by atoms with E-state index in [2.05, 4.69) is 26.1 Å². The van der Waals surface area contributed by atoms with Crippen LogP contribution in [0.3, 0.4) is 0 Å². The number of esters is 1. The van der Waals surface area contributed by atoms with Gasteiger partial charge in [-0.15, -0.1) is 0 Å². The first-order valence-electron chi connectivity index (χ1n) is 37.0. The van der Waals surface area contributed by atoms with Crippen molar-refractivity contribution in [1.29, 1.82) is 0 Å². The molecule has 0 radical (unpaired) electrons. The highest BCUT2D eigenvalue weighted by atomic mass is 16.7. The molecule has 0 aliphatic carbocycles. The molecule has 0 bridgehead atoms. The van der Waals surface area contributed by atoms with Gasteiger partial charge in [-0.05, 0) is 25.7 Å². The van der Waals surface area contributed by atoms with Gasteiger partial charge in [-0.3, -0.25) is 9.59 Å². The second-order valence-electron chi connectivity index (χ2n) is 26.0. The van der Waals surface area contributed by atoms with Crippen LogP contribution in [-0.2, 0) is 23.8 Å². The maximum Gasteiger partial charge on any atom is 0.306 e. The molecule has 8 atom stereocenters. The average molecular weight is 1190 g/mol. The van der Waals surface area contributed by atoms with Crippen molar-refractivity contribution in [3.8, 4) is 0 Å². The Morgan fingerprint density at radius 3 is 1.12 bits per heavy atom. The zero-order valence-corrected chi connectivity index (χ0v) is 55.6. The number of aliphatic hydroxyl groups excluding tert-OH is 5. The number of carbonyl (C=O) groups is 2. The molecule has 84 heavy (non-hydrogen) atoms.